The van der Waals surface area contributed by atoms with E-state index in [2.05, 4.69) is 43.0 Å². The molecule has 0 radical (unpaired) electrons. The molecule has 1 rings (SSSR count). The molecule has 0 unspecified atom stereocenters. The fourth-order valence-electron chi connectivity index (χ4n) is 1.70. The molecule has 2 nitrogen and oxygen atoms in total. The maximum Gasteiger partial charge on any atom is 0.0608 e. The largest absolute Gasteiger partial charge is 0.390 e. The molecule has 0 heterocycles. The molecule has 1 aromatic carbocycles. The number of hydrogen-bond donors (Lipinski definition) is 1. The Morgan fingerprint density at radius 2 is 2.00 bits per heavy atom. The number of aryl methyl sites for hydroxylation is 1. The second-order valence-electron chi connectivity index (χ2n) is 4.98. The van der Waals surface area contributed by atoms with Crippen LogP contribution in [-0.2, 0) is 0 Å². The zero-order valence-corrected chi connectivity index (χ0v) is 10.8. The first-order chi connectivity index (χ1) is 7.42. The number of aliphatic hydroxyl groups is 1. The van der Waals surface area contributed by atoms with Gasteiger partial charge in [0.25, 0.3) is 0 Å². The van der Waals surface area contributed by atoms with E-state index in [9.17, 15) is 5.11 Å². The summed E-state index contributed by atoms with van der Waals surface area (Å²) >= 11 is 0. The molecule has 0 aromatic heterocycles. The van der Waals surface area contributed by atoms with Gasteiger partial charge in [0.2, 0.25) is 0 Å². The number of hydrogen-bond acceptors (Lipinski definition) is 2. The molecule has 0 atom stereocenters. The summed E-state index contributed by atoms with van der Waals surface area (Å²) in [6.07, 6.45) is 0.786. The maximum atomic E-state index is 9.74. The summed E-state index contributed by atoms with van der Waals surface area (Å²) in [5.41, 5.74) is 1.93. The minimum Gasteiger partial charge on any atom is -0.390 e. The van der Waals surface area contributed by atoms with Crippen molar-refractivity contribution in [3.63, 3.8) is 0 Å². The third-order valence-electron chi connectivity index (χ3n) is 2.74. The van der Waals surface area contributed by atoms with Gasteiger partial charge in [-0.05, 0) is 51.8 Å². The molecule has 0 aliphatic rings. The molecule has 1 N–H and O–H groups in total. The van der Waals surface area contributed by atoms with Crippen molar-refractivity contribution < 1.29 is 5.11 Å². The van der Waals surface area contributed by atoms with Crippen molar-refractivity contribution in [2.75, 3.05) is 18.0 Å². The predicted octanol–water partition coefficient (Wildman–Crippen LogP) is 2.98. The summed E-state index contributed by atoms with van der Waals surface area (Å²) in [5.74, 6) is 0. The average Bonchev–Trinajstić information content (AvgIpc) is 2.17. The first-order valence-electron chi connectivity index (χ1n) is 5.96. The topological polar surface area (TPSA) is 23.5 Å². The molecule has 0 spiro atoms. The Kier molecular flexibility index (Phi) is 4.36. The van der Waals surface area contributed by atoms with Crippen LogP contribution in [0.25, 0.3) is 0 Å². The van der Waals surface area contributed by atoms with Gasteiger partial charge in [-0.2, -0.15) is 0 Å². The molecule has 0 bridgehead atoms. The van der Waals surface area contributed by atoms with E-state index in [1.165, 1.54) is 11.3 Å². The Bertz CT molecular complexity index is 328. The van der Waals surface area contributed by atoms with Crippen molar-refractivity contribution >= 4 is 5.69 Å². The van der Waals surface area contributed by atoms with Crippen molar-refractivity contribution in [2.45, 2.75) is 39.7 Å². The standard InChI is InChI=1S/C14H23NO/c1-5-15(10-9-14(3,4)16)13-8-6-7-12(2)11-13/h6-8,11,16H,5,9-10H2,1-4H3. The lowest BCUT2D eigenvalue weighted by Crippen LogP contribution is -2.30. The lowest BCUT2D eigenvalue weighted by molar-refractivity contribution is 0.0731. The zero-order valence-electron chi connectivity index (χ0n) is 10.8. The SMILES string of the molecule is CCN(CCC(C)(C)O)c1cccc(C)c1. The van der Waals surface area contributed by atoms with Crippen LogP contribution in [0.4, 0.5) is 5.69 Å². The highest BCUT2D eigenvalue weighted by molar-refractivity contribution is 5.48. The first-order valence-corrected chi connectivity index (χ1v) is 5.96. The van der Waals surface area contributed by atoms with Gasteiger partial charge < -0.3 is 10.0 Å². The van der Waals surface area contributed by atoms with Gasteiger partial charge in [-0.3, -0.25) is 0 Å². The van der Waals surface area contributed by atoms with Gasteiger partial charge in [0.1, 0.15) is 0 Å². The number of anilines is 1. The molecule has 0 aliphatic carbocycles. The Hall–Kier alpha value is -1.02. The molecular weight excluding hydrogens is 198 g/mol. The van der Waals surface area contributed by atoms with Crippen LogP contribution in [0.2, 0.25) is 0 Å². The molecule has 0 amide bonds. The molecule has 0 aliphatic heterocycles. The summed E-state index contributed by atoms with van der Waals surface area (Å²) in [5, 5.41) is 9.74. The van der Waals surface area contributed by atoms with Crippen molar-refractivity contribution in [2.24, 2.45) is 0 Å². The molecule has 0 saturated heterocycles. The highest BCUT2D eigenvalue weighted by atomic mass is 16.3. The van der Waals surface area contributed by atoms with Crippen LogP contribution >= 0.6 is 0 Å². The van der Waals surface area contributed by atoms with Crippen LogP contribution in [0, 0.1) is 6.92 Å². The van der Waals surface area contributed by atoms with Crippen LogP contribution in [0.15, 0.2) is 24.3 Å². The van der Waals surface area contributed by atoms with E-state index in [1.807, 2.05) is 13.8 Å². The third-order valence-corrected chi connectivity index (χ3v) is 2.74. The smallest absolute Gasteiger partial charge is 0.0608 e. The van der Waals surface area contributed by atoms with Gasteiger partial charge in [0.15, 0.2) is 0 Å². The molecule has 1 aromatic rings. The third kappa shape index (κ3) is 4.23. The van der Waals surface area contributed by atoms with Gasteiger partial charge >= 0.3 is 0 Å². The Labute approximate surface area is 98.9 Å². The summed E-state index contributed by atoms with van der Waals surface area (Å²) in [7, 11) is 0. The maximum absolute atomic E-state index is 9.74. The average molecular weight is 221 g/mol. The van der Waals surface area contributed by atoms with E-state index in [-0.39, 0.29) is 0 Å². The predicted molar refractivity (Wildman–Crippen MR) is 70.0 cm³/mol. The number of benzene rings is 1. The molecule has 0 fully saturated rings. The second-order valence-corrected chi connectivity index (χ2v) is 4.98. The van der Waals surface area contributed by atoms with Gasteiger partial charge in [-0.25, -0.2) is 0 Å². The van der Waals surface area contributed by atoms with Crippen LogP contribution in [0.5, 0.6) is 0 Å². The Morgan fingerprint density at radius 1 is 1.31 bits per heavy atom. The summed E-state index contributed by atoms with van der Waals surface area (Å²) in [4.78, 5) is 2.30. The molecule has 0 saturated carbocycles. The highest BCUT2D eigenvalue weighted by Gasteiger charge is 2.14. The van der Waals surface area contributed by atoms with Gasteiger partial charge in [0, 0.05) is 18.8 Å². The van der Waals surface area contributed by atoms with Crippen LogP contribution < -0.4 is 4.90 Å². The normalized spacial score (nSPS) is 11.6. The minimum atomic E-state index is -0.586. The molecule has 16 heavy (non-hydrogen) atoms. The Balaban J connectivity index is 2.68. The molecular formula is C14H23NO. The van der Waals surface area contributed by atoms with Crippen molar-refractivity contribution in [3.05, 3.63) is 29.8 Å². The van der Waals surface area contributed by atoms with E-state index in [0.717, 1.165) is 19.5 Å². The van der Waals surface area contributed by atoms with Gasteiger partial charge in [-0.15, -0.1) is 0 Å². The molecule has 2 heteroatoms. The van der Waals surface area contributed by atoms with E-state index in [0.29, 0.717) is 0 Å². The van der Waals surface area contributed by atoms with Crippen LogP contribution in [0.1, 0.15) is 32.8 Å². The monoisotopic (exact) mass is 221 g/mol. The van der Waals surface area contributed by atoms with Crippen LogP contribution in [0.3, 0.4) is 0 Å². The van der Waals surface area contributed by atoms with Crippen LogP contribution in [-0.4, -0.2) is 23.8 Å². The van der Waals surface area contributed by atoms with E-state index < -0.39 is 5.60 Å². The minimum absolute atomic E-state index is 0.586. The lowest BCUT2D eigenvalue weighted by Gasteiger charge is -2.27. The lowest BCUT2D eigenvalue weighted by atomic mass is 10.1. The summed E-state index contributed by atoms with van der Waals surface area (Å²) in [6.45, 7) is 9.83. The van der Waals surface area contributed by atoms with Gasteiger partial charge in [-0.1, -0.05) is 12.1 Å². The fourth-order valence-corrected chi connectivity index (χ4v) is 1.70. The highest BCUT2D eigenvalue weighted by Crippen LogP contribution is 2.18. The zero-order chi connectivity index (χ0) is 12.2. The van der Waals surface area contributed by atoms with Gasteiger partial charge in [0.05, 0.1) is 5.60 Å². The summed E-state index contributed by atoms with van der Waals surface area (Å²) < 4.78 is 0. The summed E-state index contributed by atoms with van der Waals surface area (Å²) in [6, 6.07) is 8.50. The number of nitrogens with zero attached hydrogens (tertiary/aromatic N) is 1. The molecule has 90 valence electrons. The quantitative estimate of drug-likeness (QED) is 0.826. The van der Waals surface area contributed by atoms with Crippen molar-refractivity contribution in [1.29, 1.82) is 0 Å². The second kappa shape index (κ2) is 5.35. The van der Waals surface area contributed by atoms with E-state index >= 15 is 0 Å². The number of rotatable bonds is 5. The van der Waals surface area contributed by atoms with Crippen molar-refractivity contribution in [3.8, 4) is 0 Å². The van der Waals surface area contributed by atoms with E-state index in [4.69, 9.17) is 0 Å². The van der Waals surface area contributed by atoms with E-state index in [1.54, 1.807) is 0 Å². The fraction of sp³-hybridized carbons (Fsp3) is 0.571. The Morgan fingerprint density at radius 3 is 2.50 bits per heavy atom. The first kappa shape index (κ1) is 13.0. The van der Waals surface area contributed by atoms with Crippen molar-refractivity contribution in [1.82, 2.24) is 0 Å².